The molecule has 0 aliphatic carbocycles. The summed E-state index contributed by atoms with van der Waals surface area (Å²) < 4.78 is 0. The number of carbonyl (C=O) groups is 1. The molecule has 1 aliphatic heterocycles. The van der Waals surface area contributed by atoms with Gasteiger partial charge in [-0.1, -0.05) is 0 Å². The summed E-state index contributed by atoms with van der Waals surface area (Å²) in [5.41, 5.74) is 0. The lowest BCUT2D eigenvalue weighted by molar-refractivity contribution is -0.119. The molecule has 0 aromatic carbocycles. The van der Waals surface area contributed by atoms with Crippen LogP contribution in [-0.4, -0.2) is 25.0 Å². The van der Waals surface area contributed by atoms with Gasteiger partial charge in [0.15, 0.2) is 0 Å². The molecular weight excluding hydrogens is 152 g/mol. The predicted octanol–water partition coefficient (Wildman–Crippen LogP) is -0.0938. The second-order valence-electron chi connectivity index (χ2n) is 2.39. The average molecular weight is 165 g/mol. The van der Waals surface area contributed by atoms with Crippen LogP contribution in [0.25, 0.3) is 0 Å². The van der Waals surface area contributed by atoms with Crippen molar-refractivity contribution >= 4 is 18.3 Å². The minimum Gasteiger partial charge on any atom is -0.352 e. The van der Waals surface area contributed by atoms with Crippen LogP contribution in [0.5, 0.6) is 0 Å². The van der Waals surface area contributed by atoms with Crippen molar-refractivity contribution in [1.82, 2.24) is 10.6 Å². The van der Waals surface area contributed by atoms with Crippen LogP contribution in [0.4, 0.5) is 0 Å². The van der Waals surface area contributed by atoms with Gasteiger partial charge in [-0.25, -0.2) is 0 Å². The Morgan fingerprint density at radius 2 is 2.40 bits per heavy atom. The molecule has 0 unspecified atom stereocenters. The SMILES string of the molecule is CC(=O)N[C@@H]1CCNC1.Cl. The number of nitrogens with one attached hydrogen (secondary N) is 2. The second-order valence-corrected chi connectivity index (χ2v) is 2.39. The molecule has 0 saturated carbocycles. The maximum absolute atomic E-state index is 10.5. The van der Waals surface area contributed by atoms with Crippen LogP contribution in [0.15, 0.2) is 0 Å². The van der Waals surface area contributed by atoms with E-state index in [4.69, 9.17) is 0 Å². The van der Waals surface area contributed by atoms with E-state index < -0.39 is 0 Å². The Balaban J connectivity index is 0.000000810. The van der Waals surface area contributed by atoms with Gasteiger partial charge in [0, 0.05) is 19.5 Å². The van der Waals surface area contributed by atoms with Crippen molar-refractivity contribution in [3.8, 4) is 0 Å². The first-order chi connectivity index (χ1) is 4.29. The Morgan fingerprint density at radius 3 is 2.80 bits per heavy atom. The summed E-state index contributed by atoms with van der Waals surface area (Å²) in [6, 6.07) is 0.377. The lowest BCUT2D eigenvalue weighted by atomic mass is 10.3. The fourth-order valence-corrected chi connectivity index (χ4v) is 1.07. The molecule has 60 valence electrons. The van der Waals surface area contributed by atoms with Crippen LogP contribution in [0, 0.1) is 0 Å². The van der Waals surface area contributed by atoms with E-state index >= 15 is 0 Å². The van der Waals surface area contributed by atoms with Gasteiger partial charge in [-0.15, -0.1) is 12.4 Å². The molecule has 0 aromatic heterocycles. The van der Waals surface area contributed by atoms with Gasteiger partial charge in [-0.2, -0.15) is 0 Å². The standard InChI is InChI=1S/C6H12N2O.ClH/c1-5(9)8-6-2-3-7-4-6;/h6-7H,2-4H2,1H3,(H,8,9);1H/t6-;/m1./s1. The minimum absolute atomic E-state index is 0. The molecule has 3 nitrogen and oxygen atoms in total. The van der Waals surface area contributed by atoms with Crippen LogP contribution in [-0.2, 0) is 4.79 Å². The van der Waals surface area contributed by atoms with Crippen molar-refractivity contribution in [1.29, 1.82) is 0 Å². The van der Waals surface area contributed by atoms with Crippen molar-refractivity contribution in [2.45, 2.75) is 19.4 Å². The maximum atomic E-state index is 10.5. The van der Waals surface area contributed by atoms with E-state index in [1.165, 1.54) is 0 Å². The van der Waals surface area contributed by atoms with Gasteiger partial charge in [0.25, 0.3) is 0 Å². The molecule has 0 bridgehead atoms. The van der Waals surface area contributed by atoms with Crippen molar-refractivity contribution in [3.63, 3.8) is 0 Å². The number of hydrogen-bond acceptors (Lipinski definition) is 2. The van der Waals surface area contributed by atoms with E-state index in [1.54, 1.807) is 6.92 Å². The van der Waals surface area contributed by atoms with E-state index in [0.29, 0.717) is 6.04 Å². The molecule has 0 aromatic rings. The van der Waals surface area contributed by atoms with Crippen LogP contribution in [0.1, 0.15) is 13.3 Å². The first-order valence-electron chi connectivity index (χ1n) is 3.27. The van der Waals surface area contributed by atoms with Crippen molar-refractivity contribution in [3.05, 3.63) is 0 Å². The molecule has 0 radical (unpaired) electrons. The Hall–Kier alpha value is -0.280. The van der Waals surface area contributed by atoms with E-state index in [2.05, 4.69) is 10.6 Å². The number of amides is 1. The van der Waals surface area contributed by atoms with Gasteiger partial charge in [0.1, 0.15) is 0 Å². The first-order valence-corrected chi connectivity index (χ1v) is 3.27. The zero-order valence-corrected chi connectivity index (χ0v) is 6.83. The molecule has 1 heterocycles. The van der Waals surface area contributed by atoms with Gasteiger partial charge in [-0.05, 0) is 13.0 Å². The fraction of sp³-hybridized carbons (Fsp3) is 0.833. The highest BCUT2D eigenvalue weighted by Crippen LogP contribution is 1.95. The highest BCUT2D eigenvalue weighted by molar-refractivity contribution is 5.85. The summed E-state index contributed by atoms with van der Waals surface area (Å²) in [6.07, 6.45) is 1.07. The van der Waals surface area contributed by atoms with Gasteiger partial charge < -0.3 is 10.6 Å². The topological polar surface area (TPSA) is 41.1 Å². The molecule has 1 saturated heterocycles. The largest absolute Gasteiger partial charge is 0.352 e. The monoisotopic (exact) mass is 164 g/mol. The van der Waals surface area contributed by atoms with Crippen LogP contribution < -0.4 is 10.6 Å². The molecule has 1 rings (SSSR count). The average Bonchev–Trinajstić information content (AvgIpc) is 2.15. The number of halogens is 1. The lowest BCUT2D eigenvalue weighted by Gasteiger charge is -2.07. The highest BCUT2D eigenvalue weighted by Gasteiger charge is 2.13. The van der Waals surface area contributed by atoms with E-state index in [0.717, 1.165) is 19.5 Å². The molecule has 4 heteroatoms. The Bertz CT molecular complexity index is 112. The van der Waals surface area contributed by atoms with Crippen LogP contribution in [0.2, 0.25) is 0 Å². The third-order valence-electron chi connectivity index (χ3n) is 1.47. The zero-order valence-electron chi connectivity index (χ0n) is 6.02. The Labute approximate surface area is 67.0 Å². The molecule has 1 aliphatic rings. The molecule has 1 fully saturated rings. The normalized spacial score (nSPS) is 23.5. The van der Waals surface area contributed by atoms with Crippen LogP contribution >= 0.6 is 12.4 Å². The first kappa shape index (κ1) is 9.72. The third-order valence-corrected chi connectivity index (χ3v) is 1.47. The van der Waals surface area contributed by atoms with Crippen molar-refractivity contribution in [2.24, 2.45) is 0 Å². The molecule has 0 spiro atoms. The zero-order chi connectivity index (χ0) is 6.69. The number of rotatable bonds is 1. The summed E-state index contributed by atoms with van der Waals surface area (Å²) in [5, 5.41) is 6.00. The molecule has 1 atom stereocenters. The molecule has 2 N–H and O–H groups in total. The maximum Gasteiger partial charge on any atom is 0.217 e. The van der Waals surface area contributed by atoms with Crippen molar-refractivity contribution in [2.75, 3.05) is 13.1 Å². The summed E-state index contributed by atoms with van der Waals surface area (Å²) in [4.78, 5) is 10.5. The van der Waals surface area contributed by atoms with Gasteiger partial charge in [0.2, 0.25) is 5.91 Å². The van der Waals surface area contributed by atoms with E-state index in [1.807, 2.05) is 0 Å². The van der Waals surface area contributed by atoms with Gasteiger partial charge in [0.05, 0.1) is 0 Å². The number of carbonyl (C=O) groups excluding carboxylic acids is 1. The minimum atomic E-state index is 0. The lowest BCUT2D eigenvalue weighted by Crippen LogP contribution is -2.34. The van der Waals surface area contributed by atoms with Crippen LogP contribution in [0.3, 0.4) is 0 Å². The molecule has 1 amide bonds. The summed E-state index contributed by atoms with van der Waals surface area (Å²) in [7, 11) is 0. The third kappa shape index (κ3) is 3.03. The van der Waals surface area contributed by atoms with Gasteiger partial charge in [-0.3, -0.25) is 4.79 Å². The second kappa shape index (κ2) is 4.52. The van der Waals surface area contributed by atoms with E-state index in [-0.39, 0.29) is 18.3 Å². The summed E-state index contributed by atoms with van der Waals surface area (Å²) in [5.74, 6) is 0.0729. The quantitative estimate of drug-likeness (QED) is 0.569. The van der Waals surface area contributed by atoms with Crippen molar-refractivity contribution < 1.29 is 4.79 Å². The fourth-order valence-electron chi connectivity index (χ4n) is 1.07. The molecular formula is C6H13ClN2O. The highest BCUT2D eigenvalue weighted by atomic mass is 35.5. The predicted molar refractivity (Wildman–Crippen MR) is 42.3 cm³/mol. The Morgan fingerprint density at radius 1 is 1.70 bits per heavy atom. The van der Waals surface area contributed by atoms with Gasteiger partial charge >= 0.3 is 0 Å². The van der Waals surface area contributed by atoms with E-state index in [9.17, 15) is 4.79 Å². The summed E-state index contributed by atoms with van der Waals surface area (Å²) >= 11 is 0. The Kier molecular flexibility index (Phi) is 4.40. The number of hydrogen-bond donors (Lipinski definition) is 2. The molecule has 10 heavy (non-hydrogen) atoms. The summed E-state index contributed by atoms with van der Waals surface area (Å²) in [6.45, 7) is 3.52. The smallest absolute Gasteiger partial charge is 0.217 e.